The lowest BCUT2D eigenvalue weighted by Gasteiger charge is -2.32. The average Bonchev–Trinajstić information content (AvgIpc) is 2.80. The monoisotopic (exact) mass is 427 g/mol. The van der Waals surface area contributed by atoms with Gasteiger partial charge in [-0.3, -0.25) is 0 Å². The van der Waals surface area contributed by atoms with E-state index < -0.39 is 35.8 Å². The predicted octanol–water partition coefficient (Wildman–Crippen LogP) is 4.52. The van der Waals surface area contributed by atoms with Gasteiger partial charge in [-0.15, -0.1) is 0 Å². The first-order chi connectivity index (χ1) is 13.2. The number of ether oxygens (including phenoxy) is 1. The van der Waals surface area contributed by atoms with Crippen molar-refractivity contribution in [3.63, 3.8) is 0 Å². The number of benzene rings is 1. The summed E-state index contributed by atoms with van der Waals surface area (Å²) in [6, 6.07) is 4.75. The second-order valence-corrected chi connectivity index (χ2v) is 10.0. The molecule has 0 atom stereocenters. The Morgan fingerprint density at radius 1 is 1.21 bits per heavy atom. The maximum atomic E-state index is 14.4. The van der Waals surface area contributed by atoms with Crippen LogP contribution in [0, 0.1) is 5.82 Å². The molecular formula is C21H35BFNO4S. The Kier molecular flexibility index (Phi) is 9.05. The second-order valence-electron chi connectivity index (χ2n) is 8.87. The molecule has 1 aromatic rings. The topological polar surface area (TPSA) is 56.8 Å². The molecule has 2 rings (SSSR count). The number of thioether (sulfide) groups is 1. The first-order valence-corrected chi connectivity index (χ1v) is 11.2. The van der Waals surface area contributed by atoms with Crippen molar-refractivity contribution in [2.75, 3.05) is 12.0 Å². The van der Waals surface area contributed by atoms with Gasteiger partial charge in [0.2, 0.25) is 0 Å². The predicted molar refractivity (Wildman–Crippen MR) is 119 cm³/mol. The summed E-state index contributed by atoms with van der Waals surface area (Å²) < 4.78 is 31.4. The molecule has 1 aliphatic heterocycles. The number of carbonyl (C=O) groups is 1. The first-order valence-electron chi connectivity index (χ1n) is 9.82. The molecule has 1 fully saturated rings. The molecule has 0 bridgehead atoms. The molecule has 1 N–H and O–H groups in total. The number of hydrogen-bond donors (Lipinski definition) is 1. The van der Waals surface area contributed by atoms with Gasteiger partial charge in [0.1, 0.15) is 11.4 Å². The molecule has 164 valence electrons. The summed E-state index contributed by atoms with van der Waals surface area (Å²) in [7, 11) is -0.618. The summed E-state index contributed by atoms with van der Waals surface area (Å²) in [5.74, 6) is 0.809. The van der Waals surface area contributed by atoms with E-state index in [0.717, 1.165) is 0 Å². The van der Waals surface area contributed by atoms with Gasteiger partial charge in [-0.2, -0.15) is 11.8 Å². The summed E-state index contributed by atoms with van der Waals surface area (Å²) >= 11 is 1.86. The third-order valence-electron chi connectivity index (χ3n) is 4.71. The normalized spacial score (nSPS) is 17.4. The van der Waals surface area contributed by atoms with Gasteiger partial charge in [0, 0.05) is 12.1 Å². The molecule has 5 nitrogen and oxygen atoms in total. The van der Waals surface area contributed by atoms with Crippen LogP contribution in [0.25, 0.3) is 0 Å². The zero-order valence-corrected chi connectivity index (χ0v) is 20.0. The Morgan fingerprint density at radius 2 is 1.72 bits per heavy atom. The molecule has 0 spiro atoms. The molecule has 0 unspecified atom stereocenters. The van der Waals surface area contributed by atoms with Crippen LogP contribution >= 0.6 is 11.8 Å². The van der Waals surface area contributed by atoms with Gasteiger partial charge < -0.3 is 19.4 Å². The van der Waals surface area contributed by atoms with Gasteiger partial charge >= 0.3 is 13.2 Å². The van der Waals surface area contributed by atoms with Crippen LogP contribution < -0.4 is 10.8 Å². The zero-order valence-electron chi connectivity index (χ0n) is 19.1. The number of amides is 1. The van der Waals surface area contributed by atoms with Gasteiger partial charge in [0.05, 0.1) is 11.2 Å². The number of alkyl carbamates (subject to hydrolysis) is 1. The molecule has 0 aromatic heterocycles. The Hall–Kier alpha value is -1.25. The third kappa shape index (κ3) is 7.83. The summed E-state index contributed by atoms with van der Waals surface area (Å²) in [6.07, 6.45) is 1.52. The highest BCUT2D eigenvalue weighted by molar-refractivity contribution is 7.98. The lowest BCUT2D eigenvalue weighted by atomic mass is 9.78. The standard InChI is InChI=1S/C18H27BFNO4.C3H8S/c1-16(2,3)23-15(22)21-11-12-8-9-13(10-14(12)20)19-24-17(4,5)18(6,7)25-19;1-3-4-2/h8-10H,11H2,1-7H3,(H,21,22);3H2,1-2H3. The van der Waals surface area contributed by atoms with E-state index >= 15 is 0 Å². The van der Waals surface area contributed by atoms with Crippen molar-refractivity contribution in [3.05, 3.63) is 29.6 Å². The molecular weight excluding hydrogens is 392 g/mol. The van der Waals surface area contributed by atoms with Crippen LogP contribution in [0.1, 0.15) is 61.0 Å². The summed E-state index contributed by atoms with van der Waals surface area (Å²) in [5, 5.41) is 2.55. The SMILES string of the molecule is CC(C)(C)OC(=O)NCc1ccc(B2OC(C)(C)C(C)(C)O2)cc1F.CCSC. The van der Waals surface area contributed by atoms with E-state index in [-0.39, 0.29) is 6.54 Å². The van der Waals surface area contributed by atoms with Crippen molar-refractivity contribution >= 4 is 30.4 Å². The maximum Gasteiger partial charge on any atom is 0.494 e. The fourth-order valence-electron chi connectivity index (χ4n) is 2.31. The molecule has 1 saturated heterocycles. The fourth-order valence-corrected chi connectivity index (χ4v) is 2.31. The van der Waals surface area contributed by atoms with E-state index in [1.807, 2.05) is 39.5 Å². The summed E-state index contributed by atoms with van der Waals surface area (Å²) in [6.45, 7) is 15.3. The number of rotatable bonds is 4. The van der Waals surface area contributed by atoms with Crippen molar-refractivity contribution in [2.24, 2.45) is 0 Å². The minimum absolute atomic E-state index is 0.0460. The van der Waals surface area contributed by atoms with Gasteiger partial charge in [-0.25, -0.2) is 9.18 Å². The van der Waals surface area contributed by atoms with Crippen molar-refractivity contribution in [3.8, 4) is 0 Å². The average molecular weight is 427 g/mol. The molecule has 1 aliphatic rings. The summed E-state index contributed by atoms with van der Waals surface area (Å²) in [4.78, 5) is 11.7. The van der Waals surface area contributed by atoms with Crippen molar-refractivity contribution in [2.45, 2.75) is 78.7 Å². The number of hydrogen-bond acceptors (Lipinski definition) is 5. The first kappa shape index (κ1) is 25.8. The Labute approximate surface area is 179 Å². The minimum atomic E-state index is -0.618. The van der Waals surface area contributed by atoms with Crippen LogP contribution in [0.15, 0.2) is 18.2 Å². The van der Waals surface area contributed by atoms with Gasteiger partial charge in [-0.1, -0.05) is 19.1 Å². The van der Waals surface area contributed by atoms with E-state index in [9.17, 15) is 9.18 Å². The molecule has 1 heterocycles. The lowest BCUT2D eigenvalue weighted by molar-refractivity contribution is 0.00578. The smallest absolute Gasteiger partial charge is 0.444 e. The van der Waals surface area contributed by atoms with Crippen molar-refractivity contribution in [1.29, 1.82) is 0 Å². The van der Waals surface area contributed by atoms with Crippen LogP contribution in [-0.4, -0.2) is 42.0 Å². The van der Waals surface area contributed by atoms with Crippen LogP contribution in [0.2, 0.25) is 0 Å². The Balaban J connectivity index is 0.000000960. The molecule has 1 aromatic carbocycles. The molecule has 0 saturated carbocycles. The largest absolute Gasteiger partial charge is 0.494 e. The molecule has 29 heavy (non-hydrogen) atoms. The van der Waals surface area contributed by atoms with Gasteiger partial charge in [-0.05, 0) is 72.0 Å². The second kappa shape index (κ2) is 10.2. The van der Waals surface area contributed by atoms with Crippen molar-refractivity contribution < 1.29 is 23.2 Å². The van der Waals surface area contributed by atoms with Crippen LogP contribution in [-0.2, 0) is 20.6 Å². The highest BCUT2D eigenvalue weighted by Gasteiger charge is 2.51. The van der Waals surface area contributed by atoms with Crippen LogP contribution in [0.4, 0.5) is 9.18 Å². The molecule has 0 aliphatic carbocycles. The molecule has 0 radical (unpaired) electrons. The number of carbonyl (C=O) groups excluding carboxylic acids is 1. The van der Waals surface area contributed by atoms with E-state index in [1.165, 1.54) is 11.8 Å². The van der Waals surface area contributed by atoms with E-state index in [2.05, 4.69) is 18.5 Å². The Morgan fingerprint density at radius 3 is 2.14 bits per heavy atom. The van der Waals surface area contributed by atoms with E-state index in [0.29, 0.717) is 11.0 Å². The zero-order chi connectivity index (χ0) is 22.5. The highest BCUT2D eigenvalue weighted by atomic mass is 32.2. The maximum absolute atomic E-state index is 14.4. The minimum Gasteiger partial charge on any atom is -0.444 e. The highest BCUT2D eigenvalue weighted by Crippen LogP contribution is 2.36. The third-order valence-corrected chi connectivity index (χ3v) is 5.29. The lowest BCUT2D eigenvalue weighted by Crippen LogP contribution is -2.41. The van der Waals surface area contributed by atoms with Crippen molar-refractivity contribution in [1.82, 2.24) is 5.32 Å². The van der Waals surface area contributed by atoms with E-state index in [1.54, 1.807) is 32.9 Å². The van der Waals surface area contributed by atoms with E-state index in [4.69, 9.17) is 14.0 Å². The molecule has 1 amide bonds. The fraction of sp³-hybridized carbons (Fsp3) is 0.667. The Bertz CT molecular complexity index is 674. The quantitative estimate of drug-likeness (QED) is 0.717. The van der Waals surface area contributed by atoms with Gasteiger partial charge in [0.15, 0.2) is 0 Å². The van der Waals surface area contributed by atoms with Crippen LogP contribution in [0.3, 0.4) is 0 Å². The van der Waals surface area contributed by atoms with Gasteiger partial charge in [0.25, 0.3) is 0 Å². The number of halogens is 1. The number of nitrogens with one attached hydrogen (secondary N) is 1. The van der Waals surface area contributed by atoms with Crippen LogP contribution in [0.5, 0.6) is 0 Å². The summed E-state index contributed by atoms with van der Waals surface area (Å²) in [5.41, 5.74) is -0.581. The molecule has 8 heteroatoms.